The van der Waals surface area contributed by atoms with Crippen LogP contribution in [0.5, 0.6) is 0 Å². The summed E-state index contributed by atoms with van der Waals surface area (Å²) in [6, 6.07) is 16.8. The number of anilines is 2. The van der Waals surface area contributed by atoms with E-state index in [-0.39, 0.29) is 11.8 Å². The predicted molar refractivity (Wildman–Crippen MR) is 166 cm³/mol. The summed E-state index contributed by atoms with van der Waals surface area (Å²) < 4.78 is 22.5. The average Bonchev–Trinajstić information content (AvgIpc) is 3.03. The summed E-state index contributed by atoms with van der Waals surface area (Å²) >= 11 is 0. The lowest BCUT2D eigenvalue weighted by molar-refractivity contribution is 0.00206. The summed E-state index contributed by atoms with van der Waals surface area (Å²) in [6.45, 7) is 7.84. The molecule has 2 aliphatic heterocycles. The van der Waals surface area contributed by atoms with Crippen molar-refractivity contribution >= 4 is 39.7 Å². The quantitative estimate of drug-likeness (QED) is 0.260. The Bertz CT molecular complexity index is 1420. The maximum atomic E-state index is 13.0. The van der Waals surface area contributed by atoms with Gasteiger partial charge in [0.1, 0.15) is 0 Å². The number of hydrogen-bond acceptors (Lipinski definition) is 10. The van der Waals surface area contributed by atoms with Gasteiger partial charge in [-0.3, -0.25) is 19.5 Å². The highest BCUT2D eigenvalue weighted by atomic mass is 16.6. The van der Waals surface area contributed by atoms with Gasteiger partial charge in [-0.15, -0.1) is 0 Å². The summed E-state index contributed by atoms with van der Waals surface area (Å²) in [4.78, 5) is 29.4. The highest BCUT2D eigenvalue weighted by molar-refractivity contribution is 6.26. The van der Waals surface area contributed by atoms with E-state index in [0.717, 1.165) is 16.8 Å². The zero-order valence-corrected chi connectivity index (χ0v) is 24.5. The Kier molecular flexibility index (Phi) is 10.2. The lowest BCUT2D eigenvalue weighted by atomic mass is 9.90. The monoisotopic (exact) mass is 589 g/mol. The van der Waals surface area contributed by atoms with Crippen molar-refractivity contribution in [2.45, 2.75) is 6.92 Å². The van der Waals surface area contributed by atoms with Crippen LogP contribution in [0.1, 0.15) is 33.2 Å². The van der Waals surface area contributed by atoms with Crippen LogP contribution in [0.25, 0.3) is 16.5 Å². The van der Waals surface area contributed by atoms with Gasteiger partial charge in [0, 0.05) is 53.6 Å². The van der Waals surface area contributed by atoms with Crippen molar-refractivity contribution in [3.8, 4) is 0 Å². The van der Waals surface area contributed by atoms with Crippen LogP contribution < -0.4 is 21.5 Å². The van der Waals surface area contributed by atoms with E-state index in [4.69, 9.17) is 30.5 Å². The fourth-order valence-electron chi connectivity index (χ4n) is 5.30. The topological polar surface area (TPSA) is 133 Å². The summed E-state index contributed by atoms with van der Waals surface area (Å²) in [5.74, 6) is 5.82. The second-order valence-corrected chi connectivity index (χ2v) is 10.2. The van der Waals surface area contributed by atoms with Crippen LogP contribution in [0.4, 0.5) is 11.4 Å². The molecular weight excluding hydrogens is 550 g/mol. The van der Waals surface area contributed by atoms with Gasteiger partial charge >= 0.3 is 0 Å². The Labute approximate surface area is 251 Å². The van der Waals surface area contributed by atoms with Crippen molar-refractivity contribution in [1.82, 2.24) is 4.90 Å². The Balaban J connectivity index is 1.32. The highest BCUT2D eigenvalue weighted by Gasteiger charge is 2.32. The molecule has 5 rings (SSSR count). The van der Waals surface area contributed by atoms with E-state index in [1.165, 1.54) is 9.91 Å². The number of nitrogens with two attached hydrogens (primary N) is 2. The minimum absolute atomic E-state index is 0.300. The van der Waals surface area contributed by atoms with Crippen molar-refractivity contribution in [2.24, 2.45) is 11.6 Å². The standard InChI is InChI=1S/C32H39N5O6/c1-2-36-31(38)27-5-3-4-26-25(10-11-28(30(26)27)32(36)39)29(33)22-37(34)24-8-6-23(7-9-24)35-12-14-40-16-18-42-20-21-43-19-17-41-15-13-35/h3-11,22H,2,12-21,33-34H2,1H3/b29-22-. The number of rotatable bonds is 5. The van der Waals surface area contributed by atoms with Crippen LogP contribution in [0, 0.1) is 0 Å². The second kappa shape index (κ2) is 14.5. The molecule has 0 aliphatic carbocycles. The first-order chi connectivity index (χ1) is 21.0. The summed E-state index contributed by atoms with van der Waals surface area (Å²) in [5, 5.41) is 2.80. The lowest BCUT2D eigenvalue weighted by Gasteiger charge is -2.27. The maximum absolute atomic E-state index is 13.0. The SMILES string of the molecule is CCN1C(=O)c2cccc3c(/C(N)=C/N(N)c4ccc(N5CCOCCOCCOCCOCC5)cc4)ccc(c23)C1=O. The smallest absolute Gasteiger partial charge is 0.261 e. The fourth-order valence-corrected chi connectivity index (χ4v) is 5.30. The van der Waals surface area contributed by atoms with E-state index in [1.54, 1.807) is 37.4 Å². The maximum Gasteiger partial charge on any atom is 0.261 e. The lowest BCUT2D eigenvalue weighted by Crippen LogP contribution is -2.40. The van der Waals surface area contributed by atoms with E-state index < -0.39 is 0 Å². The molecule has 2 aliphatic rings. The van der Waals surface area contributed by atoms with Gasteiger partial charge in [0.05, 0.1) is 64.2 Å². The van der Waals surface area contributed by atoms with Gasteiger partial charge in [-0.1, -0.05) is 18.2 Å². The van der Waals surface area contributed by atoms with E-state index in [9.17, 15) is 9.59 Å². The molecular formula is C32H39N5O6. The Morgan fingerprint density at radius 1 is 0.791 bits per heavy atom. The fraction of sp³-hybridized carbons (Fsp3) is 0.375. The number of hydrazine groups is 1. The largest absolute Gasteiger partial charge is 0.397 e. The van der Waals surface area contributed by atoms with Crippen molar-refractivity contribution < 1.29 is 28.5 Å². The number of imide groups is 1. The van der Waals surface area contributed by atoms with E-state index in [0.29, 0.717) is 100 Å². The molecule has 2 amide bonds. The zero-order valence-electron chi connectivity index (χ0n) is 24.5. The van der Waals surface area contributed by atoms with Crippen molar-refractivity contribution in [3.05, 3.63) is 77.5 Å². The molecule has 228 valence electrons. The summed E-state index contributed by atoms with van der Waals surface area (Å²) in [7, 11) is 0. The number of amides is 2. The van der Waals surface area contributed by atoms with Gasteiger partial charge in [0.25, 0.3) is 11.8 Å². The molecule has 43 heavy (non-hydrogen) atoms. The van der Waals surface area contributed by atoms with Crippen LogP contribution in [0.2, 0.25) is 0 Å². The van der Waals surface area contributed by atoms with E-state index in [2.05, 4.69) is 4.90 Å². The Hall–Kier alpha value is -4.00. The number of ether oxygens (including phenoxy) is 4. The number of carbonyl (C=O) groups is 2. The molecule has 11 heteroatoms. The predicted octanol–water partition coefficient (Wildman–Crippen LogP) is 2.98. The molecule has 4 N–H and O–H groups in total. The Morgan fingerprint density at radius 2 is 1.35 bits per heavy atom. The molecule has 2 heterocycles. The zero-order chi connectivity index (χ0) is 30.2. The third-order valence-electron chi connectivity index (χ3n) is 7.54. The summed E-state index contributed by atoms with van der Waals surface area (Å²) in [5.41, 5.74) is 10.4. The van der Waals surface area contributed by atoms with Crippen LogP contribution in [-0.2, 0) is 18.9 Å². The van der Waals surface area contributed by atoms with Crippen LogP contribution in [-0.4, -0.2) is 89.2 Å². The van der Waals surface area contributed by atoms with Gasteiger partial charge in [-0.25, -0.2) is 5.84 Å². The first-order valence-electron chi connectivity index (χ1n) is 14.6. The first kappa shape index (κ1) is 30.5. The number of hydrogen-bond donors (Lipinski definition) is 2. The van der Waals surface area contributed by atoms with E-state index in [1.807, 2.05) is 30.3 Å². The third kappa shape index (κ3) is 6.98. The molecule has 3 aromatic carbocycles. The van der Waals surface area contributed by atoms with Crippen LogP contribution in [0.3, 0.4) is 0 Å². The minimum Gasteiger partial charge on any atom is -0.397 e. The van der Waals surface area contributed by atoms with Gasteiger partial charge < -0.3 is 29.6 Å². The highest BCUT2D eigenvalue weighted by Crippen LogP contribution is 2.34. The number of nitrogens with zero attached hydrogens (tertiary/aromatic N) is 3. The van der Waals surface area contributed by atoms with Crippen LogP contribution >= 0.6 is 0 Å². The van der Waals surface area contributed by atoms with Gasteiger partial charge in [-0.05, 0) is 48.7 Å². The molecule has 0 unspecified atom stereocenters. The molecule has 0 aromatic heterocycles. The molecule has 0 radical (unpaired) electrons. The van der Waals surface area contributed by atoms with E-state index >= 15 is 0 Å². The summed E-state index contributed by atoms with van der Waals surface area (Å²) in [6.07, 6.45) is 1.64. The van der Waals surface area contributed by atoms with Gasteiger partial charge in [0.15, 0.2) is 0 Å². The first-order valence-corrected chi connectivity index (χ1v) is 14.6. The molecule has 11 nitrogen and oxygen atoms in total. The molecule has 0 bridgehead atoms. The molecule has 1 saturated heterocycles. The van der Waals surface area contributed by atoms with Gasteiger partial charge in [0.2, 0.25) is 0 Å². The van der Waals surface area contributed by atoms with Crippen molar-refractivity contribution in [1.29, 1.82) is 0 Å². The second-order valence-electron chi connectivity index (χ2n) is 10.2. The van der Waals surface area contributed by atoms with Gasteiger partial charge in [-0.2, -0.15) is 0 Å². The van der Waals surface area contributed by atoms with Crippen LogP contribution in [0.15, 0.2) is 60.8 Å². The van der Waals surface area contributed by atoms with Crippen molar-refractivity contribution in [3.63, 3.8) is 0 Å². The molecule has 3 aromatic rings. The minimum atomic E-state index is -0.300. The third-order valence-corrected chi connectivity index (χ3v) is 7.54. The Morgan fingerprint density at radius 3 is 1.93 bits per heavy atom. The number of benzene rings is 3. The number of carbonyl (C=O) groups excluding carboxylic acids is 2. The molecule has 0 spiro atoms. The normalized spacial score (nSPS) is 18.0. The average molecular weight is 590 g/mol. The van der Waals surface area contributed by atoms with Crippen molar-refractivity contribution in [2.75, 3.05) is 82.4 Å². The molecule has 1 fully saturated rings. The molecule has 0 saturated carbocycles. The molecule has 0 atom stereocenters.